The van der Waals surface area contributed by atoms with Crippen LogP contribution >= 0.6 is 0 Å². The fourth-order valence-electron chi connectivity index (χ4n) is 1.95. The van der Waals surface area contributed by atoms with Crippen LogP contribution in [0.4, 0.5) is 5.69 Å². The van der Waals surface area contributed by atoms with Crippen molar-refractivity contribution in [2.75, 3.05) is 26.1 Å². The summed E-state index contributed by atoms with van der Waals surface area (Å²) in [5, 5.41) is 4.42. The van der Waals surface area contributed by atoms with Gasteiger partial charge in [0.2, 0.25) is 0 Å². The first-order valence-corrected chi connectivity index (χ1v) is 5.99. The van der Waals surface area contributed by atoms with Gasteiger partial charge in [-0.15, -0.1) is 0 Å². The van der Waals surface area contributed by atoms with Crippen molar-refractivity contribution in [1.82, 2.24) is 4.98 Å². The maximum absolute atomic E-state index is 5.25. The lowest BCUT2D eigenvalue weighted by molar-refractivity contribution is 0.182. The van der Waals surface area contributed by atoms with Gasteiger partial charge in [-0.3, -0.25) is 4.98 Å². The van der Waals surface area contributed by atoms with Crippen LogP contribution in [0, 0.1) is 0 Å². The highest BCUT2D eigenvalue weighted by molar-refractivity contribution is 5.92. The molecule has 0 aliphatic heterocycles. The number of methoxy groups -OCH3 is 2. The predicted molar refractivity (Wildman–Crippen MR) is 73.2 cm³/mol. The lowest BCUT2D eigenvalue weighted by atomic mass is 10.1. The third-order valence-corrected chi connectivity index (χ3v) is 2.73. The summed E-state index contributed by atoms with van der Waals surface area (Å²) in [4.78, 5) is 4.56. The van der Waals surface area contributed by atoms with E-state index in [0.717, 1.165) is 34.6 Å². The lowest BCUT2D eigenvalue weighted by Crippen LogP contribution is -2.01. The molecule has 0 fully saturated rings. The fourth-order valence-corrected chi connectivity index (χ4v) is 1.95. The van der Waals surface area contributed by atoms with E-state index in [1.54, 1.807) is 14.2 Å². The molecular formula is C14H18N2O2. The summed E-state index contributed by atoms with van der Waals surface area (Å²) >= 11 is 0. The summed E-state index contributed by atoms with van der Waals surface area (Å²) in [6.07, 6.45) is 0. The van der Waals surface area contributed by atoms with Crippen molar-refractivity contribution >= 4 is 16.6 Å². The molecule has 4 heteroatoms. The smallest absolute Gasteiger partial charge is 0.119 e. The van der Waals surface area contributed by atoms with Gasteiger partial charge in [0, 0.05) is 24.7 Å². The molecule has 0 atom stereocenters. The highest BCUT2D eigenvalue weighted by atomic mass is 16.5. The zero-order valence-corrected chi connectivity index (χ0v) is 11.0. The Morgan fingerprint density at radius 2 is 2.06 bits per heavy atom. The number of hydrogen-bond acceptors (Lipinski definition) is 4. The third-order valence-electron chi connectivity index (χ3n) is 2.73. The number of hydrogen-bond donors (Lipinski definition) is 1. The largest absolute Gasteiger partial charge is 0.497 e. The second-order valence-electron chi connectivity index (χ2n) is 4.01. The van der Waals surface area contributed by atoms with E-state index < -0.39 is 0 Å². The van der Waals surface area contributed by atoms with E-state index in [9.17, 15) is 0 Å². The Balaban J connectivity index is 2.56. The summed E-state index contributed by atoms with van der Waals surface area (Å²) in [5.41, 5.74) is 2.93. The van der Waals surface area contributed by atoms with E-state index in [1.807, 2.05) is 24.3 Å². The van der Waals surface area contributed by atoms with Gasteiger partial charge in [-0.2, -0.15) is 0 Å². The Labute approximate surface area is 107 Å². The summed E-state index contributed by atoms with van der Waals surface area (Å²) in [6.45, 7) is 3.45. The van der Waals surface area contributed by atoms with Crippen molar-refractivity contribution in [3.8, 4) is 5.75 Å². The first-order chi connectivity index (χ1) is 8.78. The molecule has 0 radical (unpaired) electrons. The molecule has 0 amide bonds. The Morgan fingerprint density at radius 3 is 2.72 bits per heavy atom. The minimum Gasteiger partial charge on any atom is -0.497 e. The van der Waals surface area contributed by atoms with E-state index >= 15 is 0 Å². The number of aromatic nitrogens is 1. The van der Waals surface area contributed by atoms with Crippen molar-refractivity contribution in [3.05, 3.63) is 30.0 Å². The third kappa shape index (κ3) is 2.54. The van der Waals surface area contributed by atoms with Crippen LogP contribution in [0.3, 0.4) is 0 Å². The molecule has 0 aliphatic carbocycles. The Bertz CT molecular complexity index is 541. The van der Waals surface area contributed by atoms with Gasteiger partial charge in [0.1, 0.15) is 5.75 Å². The molecule has 0 spiro atoms. The molecule has 0 unspecified atom stereocenters. The average Bonchev–Trinajstić information content (AvgIpc) is 2.39. The van der Waals surface area contributed by atoms with Crippen molar-refractivity contribution in [2.24, 2.45) is 0 Å². The van der Waals surface area contributed by atoms with Crippen LogP contribution in [0.15, 0.2) is 24.3 Å². The van der Waals surface area contributed by atoms with Gasteiger partial charge in [0.05, 0.1) is 24.9 Å². The van der Waals surface area contributed by atoms with E-state index in [4.69, 9.17) is 9.47 Å². The molecule has 0 aliphatic rings. The topological polar surface area (TPSA) is 43.4 Å². The summed E-state index contributed by atoms with van der Waals surface area (Å²) in [6, 6.07) is 7.90. The minimum atomic E-state index is 0.514. The number of nitrogens with one attached hydrogen (secondary N) is 1. The number of fused-ring (bicyclic) bond motifs is 1. The fraction of sp³-hybridized carbons (Fsp3) is 0.357. The summed E-state index contributed by atoms with van der Waals surface area (Å²) in [7, 11) is 3.34. The van der Waals surface area contributed by atoms with Crippen LogP contribution in [0.1, 0.15) is 12.6 Å². The number of pyridine rings is 1. The maximum Gasteiger partial charge on any atom is 0.119 e. The molecule has 1 aromatic heterocycles. The Kier molecular flexibility index (Phi) is 3.99. The maximum atomic E-state index is 5.25. The van der Waals surface area contributed by atoms with Crippen molar-refractivity contribution in [2.45, 2.75) is 13.5 Å². The molecule has 0 bridgehead atoms. The van der Waals surface area contributed by atoms with E-state index in [-0.39, 0.29) is 0 Å². The zero-order valence-electron chi connectivity index (χ0n) is 11.0. The van der Waals surface area contributed by atoms with Crippen LogP contribution in [0.5, 0.6) is 5.75 Å². The minimum absolute atomic E-state index is 0.514. The highest BCUT2D eigenvalue weighted by Gasteiger charge is 2.06. The first kappa shape index (κ1) is 12.6. The van der Waals surface area contributed by atoms with Crippen LogP contribution < -0.4 is 10.1 Å². The van der Waals surface area contributed by atoms with Gasteiger partial charge in [-0.1, -0.05) is 0 Å². The standard InChI is InChI=1S/C14H18N2O2/c1-4-15-14-7-10(9-17-2)16-13-6-5-11(18-3)8-12(13)14/h5-8H,4,9H2,1-3H3,(H,15,16). The zero-order chi connectivity index (χ0) is 13.0. The number of nitrogens with zero attached hydrogens (tertiary/aromatic N) is 1. The molecule has 0 saturated carbocycles. The quantitative estimate of drug-likeness (QED) is 0.881. The first-order valence-electron chi connectivity index (χ1n) is 5.99. The highest BCUT2D eigenvalue weighted by Crippen LogP contribution is 2.27. The number of anilines is 1. The van der Waals surface area contributed by atoms with E-state index in [1.165, 1.54) is 0 Å². The molecule has 4 nitrogen and oxygen atoms in total. The van der Waals surface area contributed by atoms with Gasteiger partial charge < -0.3 is 14.8 Å². The van der Waals surface area contributed by atoms with Gasteiger partial charge in [-0.25, -0.2) is 0 Å². The SMILES string of the molecule is CCNc1cc(COC)nc2ccc(OC)cc12. The van der Waals surface area contributed by atoms with Gasteiger partial charge in [0.25, 0.3) is 0 Å². The molecule has 1 aromatic carbocycles. The van der Waals surface area contributed by atoms with Crippen LogP contribution in [-0.4, -0.2) is 25.7 Å². The number of ether oxygens (including phenoxy) is 2. The Morgan fingerprint density at radius 1 is 1.22 bits per heavy atom. The molecule has 18 heavy (non-hydrogen) atoms. The second kappa shape index (κ2) is 5.69. The normalized spacial score (nSPS) is 10.6. The van der Waals surface area contributed by atoms with Crippen molar-refractivity contribution in [3.63, 3.8) is 0 Å². The monoisotopic (exact) mass is 246 g/mol. The molecule has 2 aromatic rings. The van der Waals surface area contributed by atoms with Crippen LogP contribution in [-0.2, 0) is 11.3 Å². The van der Waals surface area contributed by atoms with E-state index in [2.05, 4.69) is 17.2 Å². The van der Waals surface area contributed by atoms with Crippen molar-refractivity contribution < 1.29 is 9.47 Å². The molecule has 1 N–H and O–H groups in total. The lowest BCUT2D eigenvalue weighted by Gasteiger charge is -2.11. The van der Waals surface area contributed by atoms with Crippen molar-refractivity contribution in [1.29, 1.82) is 0 Å². The summed E-state index contributed by atoms with van der Waals surface area (Å²) < 4.78 is 10.4. The van der Waals surface area contributed by atoms with E-state index in [0.29, 0.717) is 6.61 Å². The average molecular weight is 246 g/mol. The molecular weight excluding hydrogens is 228 g/mol. The molecule has 1 heterocycles. The predicted octanol–water partition coefficient (Wildman–Crippen LogP) is 2.82. The van der Waals surface area contributed by atoms with Gasteiger partial charge in [0.15, 0.2) is 0 Å². The van der Waals surface area contributed by atoms with Gasteiger partial charge >= 0.3 is 0 Å². The number of rotatable bonds is 5. The summed E-state index contributed by atoms with van der Waals surface area (Å²) in [5.74, 6) is 0.836. The van der Waals surface area contributed by atoms with Crippen LogP contribution in [0.2, 0.25) is 0 Å². The van der Waals surface area contributed by atoms with Gasteiger partial charge in [-0.05, 0) is 31.2 Å². The Hall–Kier alpha value is -1.81. The molecule has 2 rings (SSSR count). The number of benzene rings is 1. The molecule has 0 saturated heterocycles. The molecule has 96 valence electrons. The van der Waals surface area contributed by atoms with Crippen LogP contribution in [0.25, 0.3) is 10.9 Å². The second-order valence-corrected chi connectivity index (χ2v) is 4.01.